The summed E-state index contributed by atoms with van der Waals surface area (Å²) < 4.78 is 11.3. The van der Waals surface area contributed by atoms with E-state index in [1.165, 1.54) is 17.3 Å². The minimum atomic E-state index is -0.127. The average Bonchev–Trinajstić information content (AvgIpc) is 2.64. The van der Waals surface area contributed by atoms with E-state index in [9.17, 15) is 4.79 Å². The number of amides is 1. The number of benzene rings is 1. The summed E-state index contributed by atoms with van der Waals surface area (Å²) in [5, 5.41) is 2.60. The first-order valence-corrected chi connectivity index (χ1v) is 9.32. The number of aromatic nitrogens is 1. The van der Waals surface area contributed by atoms with Crippen molar-refractivity contribution in [2.45, 2.75) is 31.6 Å². The van der Waals surface area contributed by atoms with Crippen molar-refractivity contribution >= 4 is 17.0 Å². The van der Waals surface area contributed by atoms with Crippen LogP contribution in [0.4, 0.5) is 4.79 Å². The second-order valence-electron chi connectivity index (χ2n) is 5.78. The number of pyridine rings is 1. The number of carbonyl (C=O) groups is 1. The highest BCUT2D eigenvalue weighted by atomic mass is 32.2. The molecular weight excluding hydrogens is 336 g/mol. The van der Waals surface area contributed by atoms with Crippen molar-refractivity contribution < 1.29 is 14.3 Å². The second-order valence-corrected chi connectivity index (χ2v) is 6.91. The molecule has 132 valence electrons. The molecule has 1 aromatic carbocycles. The fourth-order valence-corrected chi connectivity index (χ4v) is 3.28. The van der Waals surface area contributed by atoms with Gasteiger partial charge in [-0.05, 0) is 47.5 Å². The molecule has 1 amide bonds. The molecule has 0 aliphatic carbocycles. The first-order valence-electron chi connectivity index (χ1n) is 8.44. The summed E-state index contributed by atoms with van der Waals surface area (Å²) in [5.41, 5.74) is 3.28. The van der Waals surface area contributed by atoms with Gasteiger partial charge in [-0.25, -0.2) is 0 Å². The summed E-state index contributed by atoms with van der Waals surface area (Å²) in [6.45, 7) is 3.00. The van der Waals surface area contributed by atoms with Gasteiger partial charge in [-0.15, -0.1) is 0 Å². The monoisotopic (exact) mass is 358 g/mol. The van der Waals surface area contributed by atoms with E-state index in [4.69, 9.17) is 9.47 Å². The topological polar surface area (TPSA) is 60.5 Å². The summed E-state index contributed by atoms with van der Waals surface area (Å²) in [7, 11) is 0. The van der Waals surface area contributed by atoms with Gasteiger partial charge in [-0.3, -0.25) is 9.78 Å². The van der Waals surface area contributed by atoms with E-state index < -0.39 is 0 Å². The van der Waals surface area contributed by atoms with Gasteiger partial charge in [-0.1, -0.05) is 25.1 Å². The van der Waals surface area contributed by atoms with Crippen LogP contribution < -0.4 is 10.1 Å². The van der Waals surface area contributed by atoms with Crippen molar-refractivity contribution in [1.82, 2.24) is 10.3 Å². The summed E-state index contributed by atoms with van der Waals surface area (Å²) in [5.74, 6) is 0.837. The Labute approximate surface area is 152 Å². The van der Waals surface area contributed by atoms with Gasteiger partial charge in [0.1, 0.15) is 17.9 Å². The Morgan fingerprint density at radius 1 is 1.24 bits per heavy atom. The maximum absolute atomic E-state index is 11.3. The quantitative estimate of drug-likeness (QED) is 0.820. The molecule has 2 heterocycles. The molecule has 0 radical (unpaired) electrons. The number of hydrogen-bond acceptors (Lipinski definition) is 5. The number of hydrogen-bond donors (Lipinski definition) is 1. The molecular formula is C19H22N2O3S. The smallest absolute Gasteiger partial charge is 0.283 e. The highest BCUT2D eigenvalue weighted by Crippen LogP contribution is 2.22. The van der Waals surface area contributed by atoms with Gasteiger partial charge in [0, 0.05) is 24.7 Å². The molecule has 1 aliphatic heterocycles. The zero-order valence-corrected chi connectivity index (χ0v) is 15.1. The lowest BCUT2D eigenvalue weighted by Gasteiger charge is -2.22. The molecule has 2 aromatic rings. The molecule has 1 aliphatic rings. The van der Waals surface area contributed by atoms with E-state index in [1.807, 2.05) is 30.5 Å². The van der Waals surface area contributed by atoms with Gasteiger partial charge >= 0.3 is 0 Å². The Hall–Kier alpha value is -2.05. The Bertz CT molecular complexity index is 689. The third kappa shape index (κ3) is 5.47. The lowest BCUT2D eigenvalue weighted by molar-refractivity contribution is 0.0967. The van der Waals surface area contributed by atoms with E-state index in [-0.39, 0.29) is 17.4 Å². The van der Waals surface area contributed by atoms with Crippen LogP contribution in [0, 0.1) is 0 Å². The maximum Gasteiger partial charge on any atom is 0.283 e. The zero-order valence-electron chi connectivity index (χ0n) is 14.2. The highest BCUT2D eigenvalue weighted by Gasteiger charge is 2.20. The van der Waals surface area contributed by atoms with E-state index >= 15 is 0 Å². The predicted molar refractivity (Wildman–Crippen MR) is 98.8 cm³/mol. The van der Waals surface area contributed by atoms with Crippen LogP contribution in [-0.4, -0.2) is 29.0 Å². The largest absolute Gasteiger partial charge is 0.493 e. The number of nitrogens with one attached hydrogen (secondary N) is 1. The highest BCUT2D eigenvalue weighted by molar-refractivity contribution is 8.14. The average molecular weight is 358 g/mol. The third-order valence-corrected chi connectivity index (χ3v) is 4.90. The molecule has 6 heteroatoms. The van der Waals surface area contributed by atoms with Gasteiger partial charge < -0.3 is 14.8 Å². The number of nitrogens with zero attached hydrogens (tertiary/aromatic N) is 1. The number of thioether (sulfide) groups is 1. The molecule has 0 saturated carbocycles. The molecule has 1 saturated heterocycles. The van der Waals surface area contributed by atoms with Crippen molar-refractivity contribution in [3.63, 3.8) is 0 Å². The van der Waals surface area contributed by atoms with Crippen molar-refractivity contribution in [1.29, 1.82) is 0 Å². The van der Waals surface area contributed by atoms with Crippen LogP contribution in [0.25, 0.3) is 0 Å². The van der Waals surface area contributed by atoms with E-state index in [2.05, 4.69) is 29.4 Å². The number of ether oxygens (including phenoxy) is 2. The molecule has 0 bridgehead atoms. The van der Waals surface area contributed by atoms with Crippen molar-refractivity contribution in [2.75, 3.05) is 13.3 Å². The van der Waals surface area contributed by atoms with Crippen LogP contribution in [0.2, 0.25) is 0 Å². The van der Waals surface area contributed by atoms with Crippen LogP contribution in [0.3, 0.4) is 0 Å². The van der Waals surface area contributed by atoms with Gasteiger partial charge in [-0.2, -0.15) is 0 Å². The van der Waals surface area contributed by atoms with E-state index in [0.29, 0.717) is 13.0 Å². The first kappa shape index (κ1) is 17.8. The van der Waals surface area contributed by atoms with Gasteiger partial charge in [0.25, 0.3) is 5.24 Å². The second kappa shape index (κ2) is 8.87. The minimum Gasteiger partial charge on any atom is -0.493 e. The molecule has 1 unspecified atom stereocenters. The molecule has 3 rings (SSSR count). The minimum absolute atomic E-state index is 0.0308. The van der Waals surface area contributed by atoms with E-state index in [0.717, 1.165) is 29.8 Å². The SMILES string of the molecule is CCc1ccc(CCOc2ccc(CC3OCNC(=O)S3)cc2)nc1. The zero-order chi connectivity index (χ0) is 17.5. The van der Waals surface area contributed by atoms with Crippen molar-refractivity contribution in [2.24, 2.45) is 0 Å². The molecule has 1 fully saturated rings. The molecule has 0 spiro atoms. The lowest BCUT2D eigenvalue weighted by atomic mass is 10.1. The van der Waals surface area contributed by atoms with Gasteiger partial charge in [0.05, 0.1) is 6.61 Å². The van der Waals surface area contributed by atoms with E-state index in [1.54, 1.807) is 0 Å². The Morgan fingerprint density at radius 2 is 2.04 bits per heavy atom. The number of rotatable bonds is 7. The van der Waals surface area contributed by atoms with Crippen LogP contribution in [0.1, 0.15) is 23.7 Å². The first-order chi connectivity index (χ1) is 12.2. The molecule has 5 nitrogen and oxygen atoms in total. The fourth-order valence-electron chi connectivity index (χ4n) is 2.49. The van der Waals surface area contributed by atoms with Gasteiger partial charge in [0.15, 0.2) is 0 Å². The molecule has 1 aromatic heterocycles. The van der Waals surface area contributed by atoms with Crippen molar-refractivity contribution in [3.05, 3.63) is 59.4 Å². The van der Waals surface area contributed by atoms with Crippen molar-refractivity contribution in [3.8, 4) is 5.75 Å². The third-order valence-electron chi connectivity index (χ3n) is 3.97. The summed E-state index contributed by atoms with van der Waals surface area (Å²) in [4.78, 5) is 15.8. The predicted octanol–water partition coefficient (Wildman–Crippen LogP) is 3.56. The fraction of sp³-hybridized carbons (Fsp3) is 0.368. The Balaban J connectivity index is 1.44. The van der Waals surface area contributed by atoms with Crippen LogP contribution in [0.5, 0.6) is 5.75 Å². The normalized spacial score (nSPS) is 17.2. The van der Waals surface area contributed by atoms with Crippen LogP contribution in [-0.2, 0) is 24.0 Å². The summed E-state index contributed by atoms with van der Waals surface area (Å²) in [6.07, 6.45) is 4.42. The van der Waals surface area contributed by atoms with Gasteiger partial charge in [0.2, 0.25) is 0 Å². The standard InChI is InChI=1S/C19H22N2O3S/c1-2-14-3-6-16(20-12-14)9-10-23-17-7-4-15(5-8-17)11-18-24-13-21-19(22)25-18/h3-8,12,18H,2,9-11,13H2,1H3,(H,21,22). The Morgan fingerprint density at radius 3 is 2.72 bits per heavy atom. The lowest BCUT2D eigenvalue weighted by Crippen LogP contribution is -2.33. The molecule has 1 atom stereocenters. The summed E-state index contributed by atoms with van der Waals surface area (Å²) >= 11 is 1.19. The molecule has 25 heavy (non-hydrogen) atoms. The summed E-state index contributed by atoms with van der Waals surface area (Å²) in [6, 6.07) is 12.1. The van der Waals surface area contributed by atoms with Crippen LogP contribution in [0.15, 0.2) is 42.6 Å². The maximum atomic E-state index is 11.3. The number of carbonyl (C=O) groups excluding carboxylic acids is 1. The number of aryl methyl sites for hydroxylation is 1. The van der Waals surface area contributed by atoms with Crippen LogP contribution >= 0.6 is 11.8 Å². The molecule has 1 N–H and O–H groups in total. The Kier molecular flexibility index (Phi) is 6.30.